The molecule has 0 saturated heterocycles. The number of nitrogens with two attached hydrogens (primary N) is 1. The smallest absolute Gasteiger partial charge is 0.222 e. The number of methoxy groups -OCH3 is 1. The van der Waals surface area contributed by atoms with Gasteiger partial charge in [0.05, 0.1) is 11.6 Å². The molecule has 0 atom stereocenters. The quantitative estimate of drug-likeness (QED) is 0.920. The van der Waals surface area contributed by atoms with Crippen molar-refractivity contribution >= 4 is 21.8 Å². The summed E-state index contributed by atoms with van der Waals surface area (Å²) in [6.07, 6.45) is 0. The molecule has 0 spiro atoms. The van der Waals surface area contributed by atoms with Gasteiger partial charge in [0, 0.05) is 11.6 Å². The zero-order chi connectivity index (χ0) is 11.7. The number of halogens is 1. The summed E-state index contributed by atoms with van der Waals surface area (Å²) in [5.41, 5.74) is 8.23. The molecule has 1 heterocycles. The van der Waals surface area contributed by atoms with E-state index in [1.165, 1.54) is 0 Å². The highest BCUT2D eigenvalue weighted by molar-refractivity contribution is 9.10. The minimum atomic E-state index is 0.307. The van der Waals surface area contributed by atoms with Crippen molar-refractivity contribution in [3.63, 3.8) is 0 Å². The van der Waals surface area contributed by atoms with Gasteiger partial charge in [-0.05, 0) is 40.5 Å². The van der Waals surface area contributed by atoms with E-state index in [1.54, 1.807) is 13.2 Å². The molecule has 1 aromatic heterocycles. The number of nitrogens with zero attached hydrogens (tertiary/aromatic N) is 1. The van der Waals surface area contributed by atoms with Crippen LogP contribution in [0.3, 0.4) is 0 Å². The number of aryl methyl sites for hydroxylation is 1. The molecule has 0 amide bonds. The first kappa shape index (κ1) is 11.0. The van der Waals surface area contributed by atoms with Gasteiger partial charge in [-0.2, -0.15) is 0 Å². The SMILES string of the molecule is COc1cc(C)c(-c2cc(N)on2)cc1Br. The molecular formula is C11H11BrN2O2. The molecule has 0 aliphatic carbocycles. The van der Waals surface area contributed by atoms with Crippen LogP contribution in [0.1, 0.15) is 5.56 Å². The van der Waals surface area contributed by atoms with Gasteiger partial charge in [0.15, 0.2) is 0 Å². The molecule has 5 heteroatoms. The van der Waals surface area contributed by atoms with E-state index < -0.39 is 0 Å². The Kier molecular flexibility index (Phi) is 2.87. The van der Waals surface area contributed by atoms with Crippen molar-refractivity contribution in [2.45, 2.75) is 6.92 Å². The number of aromatic nitrogens is 1. The van der Waals surface area contributed by atoms with E-state index in [2.05, 4.69) is 21.1 Å². The third-order valence-electron chi connectivity index (χ3n) is 2.30. The highest BCUT2D eigenvalue weighted by Gasteiger charge is 2.11. The summed E-state index contributed by atoms with van der Waals surface area (Å²) in [6, 6.07) is 5.57. The predicted molar refractivity (Wildman–Crippen MR) is 65.3 cm³/mol. The molecule has 0 aliphatic heterocycles. The van der Waals surface area contributed by atoms with E-state index in [0.717, 1.165) is 27.0 Å². The average molecular weight is 283 g/mol. The highest BCUT2D eigenvalue weighted by atomic mass is 79.9. The van der Waals surface area contributed by atoms with Gasteiger partial charge in [-0.1, -0.05) is 5.16 Å². The maximum absolute atomic E-state index is 5.49. The standard InChI is InChI=1S/C11H11BrN2O2/c1-6-3-10(15-2)8(12)4-7(6)9-5-11(13)16-14-9/h3-5H,13H2,1-2H3. The van der Waals surface area contributed by atoms with Gasteiger partial charge in [-0.3, -0.25) is 0 Å². The van der Waals surface area contributed by atoms with Crippen LogP contribution in [0.4, 0.5) is 5.88 Å². The molecule has 0 fully saturated rings. The number of hydrogen-bond donors (Lipinski definition) is 1. The van der Waals surface area contributed by atoms with Crippen LogP contribution in [-0.2, 0) is 0 Å². The lowest BCUT2D eigenvalue weighted by Crippen LogP contribution is -1.89. The van der Waals surface area contributed by atoms with Gasteiger partial charge >= 0.3 is 0 Å². The van der Waals surface area contributed by atoms with Crippen LogP contribution >= 0.6 is 15.9 Å². The molecule has 84 valence electrons. The van der Waals surface area contributed by atoms with E-state index in [4.69, 9.17) is 15.0 Å². The Balaban J connectivity index is 2.54. The number of anilines is 1. The maximum atomic E-state index is 5.49. The van der Waals surface area contributed by atoms with Crippen LogP contribution in [0.25, 0.3) is 11.3 Å². The summed E-state index contributed by atoms with van der Waals surface area (Å²) < 4.78 is 10.9. The summed E-state index contributed by atoms with van der Waals surface area (Å²) >= 11 is 3.43. The van der Waals surface area contributed by atoms with Crippen LogP contribution < -0.4 is 10.5 Å². The predicted octanol–water partition coefficient (Wildman–Crippen LogP) is 3.00. The minimum absolute atomic E-state index is 0.307. The molecule has 4 nitrogen and oxygen atoms in total. The van der Waals surface area contributed by atoms with Gasteiger partial charge in [0.25, 0.3) is 0 Å². The van der Waals surface area contributed by atoms with Gasteiger partial charge in [-0.15, -0.1) is 0 Å². The molecule has 2 N–H and O–H groups in total. The lowest BCUT2D eigenvalue weighted by molar-refractivity contribution is 0.412. The minimum Gasteiger partial charge on any atom is -0.496 e. The first-order valence-corrected chi connectivity index (χ1v) is 5.48. The number of hydrogen-bond acceptors (Lipinski definition) is 4. The van der Waals surface area contributed by atoms with Crippen molar-refractivity contribution in [2.75, 3.05) is 12.8 Å². The second-order valence-electron chi connectivity index (χ2n) is 3.42. The molecule has 16 heavy (non-hydrogen) atoms. The summed E-state index contributed by atoms with van der Waals surface area (Å²) in [4.78, 5) is 0. The van der Waals surface area contributed by atoms with Crippen molar-refractivity contribution in [2.24, 2.45) is 0 Å². The number of nitrogen functional groups attached to an aromatic ring is 1. The lowest BCUT2D eigenvalue weighted by atomic mass is 10.1. The largest absolute Gasteiger partial charge is 0.496 e. The molecule has 0 saturated carbocycles. The van der Waals surface area contributed by atoms with E-state index in [9.17, 15) is 0 Å². The second-order valence-corrected chi connectivity index (χ2v) is 4.27. The zero-order valence-electron chi connectivity index (χ0n) is 8.95. The normalized spacial score (nSPS) is 10.4. The monoisotopic (exact) mass is 282 g/mol. The maximum Gasteiger partial charge on any atom is 0.222 e. The number of ether oxygens (including phenoxy) is 1. The van der Waals surface area contributed by atoms with E-state index in [0.29, 0.717) is 5.88 Å². The molecule has 2 aromatic rings. The molecule has 0 radical (unpaired) electrons. The third kappa shape index (κ3) is 1.90. The van der Waals surface area contributed by atoms with Gasteiger partial charge < -0.3 is 15.0 Å². The van der Waals surface area contributed by atoms with Gasteiger partial charge in [0.2, 0.25) is 5.88 Å². The first-order valence-electron chi connectivity index (χ1n) is 4.68. The molecule has 2 rings (SSSR count). The van der Waals surface area contributed by atoms with Crippen molar-refractivity contribution in [1.29, 1.82) is 0 Å². The van der Waals surface area contributed by atoms with Gasteiger partial charge in [-0.25, -0.2) is 0 Å². The molecule has 1 aromatic carbocycles. The van der Waals surface area contributed by atoms with E-state index >= 15 is 0 Å². The first-order chi connectivity index (χ1) is 7.61. The Labute approximate surface area is 102 Å². The molecule has 0 bridgehead atoms. The Morgan fingerprint density at radius 2 is 2.12 bits per heavy atom. The average Bonchev–Trinajstić information content (AvgIpc) is 2.67. The van der Waals surface area contributed by atoms with Crippen LogP contribution in [0, 0.1) is 6.92 Å². The van der Waals surface area contributed by atoms with Crippen LogP contribution in [0.15, 0.2) is 27.2 Å². The van der Waals surface area contributed by atoms with Crippen molar-refractivity contribution in [3.05, 3.63) is 28.2 Å². The Hall–Kier alpha value is -1.49. The molecule has 0 unspecified atom stereocenters. The Morgan fingerprint density at radius 1 is 1.38 bits per heavy atom. The van der Waals surface area contributed by atoms with Crippen LogP contribution in [-0.4, -0.2) is 12.3 Å². The van der Waals surface area contributed by atoms with Crippen molar-refractivity contribution < 1.29 is 9.26 Å². The van der Waals surface area contributed by atoms with Crippen LogP contribution in [0.2, 0.25) is 0 Å². The Morgan fingerprint density at radius 3 is 2.69 bits per heavy atom. The third-order valence-corrected chi connectivity index (χ3v) is 2.92. The highest BCUT2D eigenvalue weighted by Crippen LogP contribution is 2.33. The van der Waals surface area contributed by atoms with Crippen LogP contribution in [0.5, 0.6) is 5.75 Å². The Bertz CT molecular complexity index is 523. The molecule has 0 aliphatic rings. The van der Waals surface area contributed by atoms with E-state index in [1.807, 2.05) is 19.1 Å². The fourth-order valence-electron chi connectivity index (χ4n) is 1.50. The lowest BCUT2D eigenvalue weighted by Gasteiger charge is -2.07. The summed E-state index contributed by atoms with van der Waals surface area (Å²) in [5, 5.41) is 3.88. The van der Waals surface area contributed by atoms with Crippen molar-refractivity contribution in [1.82, 2.24) is 5.16 Å². The van der Waals surface area contributed by atoms with Crippen molar-refractivity contribution in [3.8, 4) is 17.0 Å². The summed E-state index contributed by atoms with van der Waals surface area (Å²) in [6.45, 7) is 1.98. The number of benzene rings is 1. The number of rotatable bonds is 2. The summed E-state index contributed by atoms with van der Waals surface area (Å²) in [7, 11) is 1.63. The molecular weight excluding hydrogens is 272 g/mol. The summed E-state index contributed by atoms with van der Waals surface area (Å²) in [5.74, 6) is 1.10. The fraction of sp³-hybridized carbons (Fsp3) is 0.182. The zero-order valence-corrected chi connectivity index (χ0v) is 10.5. The topological polar surface area (TPSA) is 61.3 Å². The second kappa shape index (κ2) is 4.17. The van der Waals surface area contributed by atoms with E-state index in [-0.39, 0.29) is 0 Å². The fourth-order valence-corrected chi connectivity index (χ4v) is 2.01. The van der Waals surface area contributed by atoms with Gasteiger partial charge in [0.1, 0.15) is 11.4 Å².